The normalized spacial score (nSPS) is 16.5. The first-order valence-electron chi connectivity index (χ1n) is 12.9. The Morgan fingerprint density at radius 3 is 2.51 bits per heavy atom. The molecule has 2 aromatic heterocycles. The highest BCUT2D eigenvalue weighted by molar-refractivity contribution is 7.22. The molecule has 1 N–H and O–H groups in total. The van der Waals surface area contributed by atoms with Gasteiger partial charge in [-0.1, -0.05) is 59.3 Å². The Kier molecular flexibility index (Phi) is 7.03. The molecule has 1 fully saturated rings. The number of carbonyl (C=O) groups excluding carboxylic acids is 2. The van der Waals surface area contributed by atoms with Crippen LogP contribution in [0, 0.1) is 13.8 Å². The summed E-state index contributed by atoms with van der Waals surface area (Å²) in [4.78, 5) is 37.4. The van der Waals surface area contributed by atoms with E-state index in [0.29, 0.717) is 39.3 Å². The number of aliphatic hydroxyl groups excluding tert-OH is 1. The molecule has 9 heteroatoms. The van der Waals surface area contributed by atoms with Crippen molar-refractivity contribution < 1.29 is 19.4 Å². The second-order valence-electron chi connectivity index (χ2n) is 9.74. The van der Waals surface area contributed by atoms with E-state index in [-0.39, 0.29) is 11.3 Å². The van der Waals surface area contributed by atoms with E-state index in [9.17, 15) is 14.7 Å². The highest BCUT2D eigenvalue weighted by Crippen LogP contribution is 2.44. The molecule has 1 unspecified atom stereocenters. The van der Waals surface area contributed by atoms with E-state index in [1.807, 2.05) is 50.2 Å². The summed E-state index contributed by atoms with van der Waals surface area (Å²) in [5.74, 6) is -1.24. The smallest absolute Gasteiger partial charge is 0.301 e. The quantitative estimate of drug-likeness (QED) is 0.130. The zero-order chi connectivity index (χ0) is 28.7. The van der Waals surface area contributed by atoms with Crippen LogP contribution in [0.4, 0.5) is 5.13 Å². The summed E-state index contributed by atoms with van der Waals surface area (Å²) in [7, 11) is 0. The second kappa shape index (κ2) is 10.8. The van der Waals surface area contributed by atoms with Crippen LogP contribution in [-0.4, -0.2) is 26.8 Å². The van der Waals surface area contributed by atoms with E-state index in [4.69, 9.17) is 16.3 Å². The highest BCUT2D eigenvalue weighted by Gasteiger charge is 2.48. The highest BCUT2D eigenvalue weighted by atomic mass is 35.5. The van der Waals surface area contributed by atoms with Crippen LogP contribution in [-0.2, 0) is 16.2 Å². The minimum absolute atomic E-state index is 0.0560. The Labute approximate surface area is 245 Å². The van der Waals surface area contributed by atoms with E-state index in [0.717, 1.165) is 21.4 Å². The lowest BCUT2D eigenvalue weighted by atomic mass is 9.97. The summed E-state index contributed by atoms with van der Waals surface area (Å²) < 4.78 is 6.80. The molecule has 1 amide bonds. The number of ether oxygens (including phenoxy) is 1. The van der Waals surface area contributed by atoms with Crippen LogP contribution in [0.25, 0.3) is 16.0 Å². The van der Waals surface area contributed by atoms with Gasteiger partial charge in [0.1, 0.15) is 24.2 Å². The second-order valence-corrected chi connectivity index (χ2v) is 11.2. The number of hydrogen-bond donors (Lipinski definition) is 1. The fourth-order valence-corrected chi connectivity index (χ4v) is 6.07. The Bertz CT molecular complexity index is 1800. The van der Waals surface area contributed by atoms with Crippen molar-refractivity contribution in [1.82, 2.24) is 9.97 Å². The number of aryl methyl sites for hydroxylation is 2. The van der Waals surface area contributed by atoms with Crippen molar-refractivity contribution in [1.29, 1.82) is 0 Å². The van der Waals surface area contributed by atoms with Gasteiger partial charge < -0.3 is 9.84 Å². The summed E-state index contributed by atoms with van der Waals surface area (Å²) >= 11 is 7.58. The van der Waals surface area contributed by atoms with Crippen LogP contribution in [0.3, 0.4) is 0 Å². The number of thiazole rings is 1. The Morgan fingerprint density at radius 1 is 1.00 bits per heavy atom. The maximum atomic E-state index is 13.5. The molecule has 0 spiro atoms. The van der Waals surface area contributed by atoms with E-state index in [1.165, 1.54) is 16.2 Å². The fourth-order valence-electron chi connectivity index (χ4n) is 4.84. The lowest BCUT2D eigenvalue weighted by Crippen LogP contribution is -2.29. The molecule has 0 bridgehead atoms. The fraction of sp³-hybridized carbons (Fsp3) is 0.125. The lowest BCUT2D eigenvalue weighted by molar-refractivity contribution is -0.132. The van der Waals surface area contributed by atoms with E-state index < -0.39 is 17.7 Å². The van der Waals surface area contributed by atoms with Crippen LogP contribution in [0.1, 0.15) is 34.0 Å². The average Bonchev–Trinajstić information content (AvgIpc) is 3.50. The molecule has 204 valence electrons. The molecular weight excluding hydrogens is 558 g/mol. The third kappa shape index (κ3) is 4.96. The maximum Gasteiger partial charge on any atom is 0.301 e. The molecule has 3 heterocycles. The predicted molar refractivity (Wildman–Crippen MR) is 160 cm³/mol. The van der Waals surface area contributed by atoms with Crippen molar-refractivity contribution in [2.75, 3.05) is 4.90 Å². The molecule has 5 aromatic rings. The summed E-state index contributed by atoms with van der Waals surface area (Å²) in [6.45, 7) is 4.14. The number of anilines is 1. The van der Waals surface area contributed by atoms with E-state index >= 15 is 0 Å². The number of fused-ring (bicyclic) bond motifs is 1. The number of amides is 1. The Balaban J connectivity index is 1.41. The largest absolute Gasteiger partial charge is 0.507 e. The van der Waals surface area contributed by atoms with Crippen LogP contribution in [0.2, 0.25) is 5.02 Å². The van der Waals surface area contributed by atoms with Crippen LogP contribution in [0.5, 0.6) is 5.75 Å². The number of nitrogens with zero attached hydrogens (tertiary/aromatic N) is 3. The van der Waals surface area contributed by atoms with Gasteiger partial charge in [-0.2, -0.15) is 0 Å². The Hall–Kier alpha value is -4.53. The van der Waals surface area contributed by atoms with Crippen molar-refractivity contribution in [3.63, 3.8) is 0 Å². The zero-order valence-corrected chi connectivity index (χ0v) is 23.7. The van der Waals surface area contributed by atoms with Crippen molar-refractivity contribution >= 4 is 55.7 Å². The number of halogens is 1. The number of hydrogen-bond acceptors (Lipinski definition) is 7. The molecule has 0 aliphatic carbocycles. The number of aromatic nitrogens is 2. The molecule has 6 rings (SSSR count). The summed E-state index contributed by atoms with van der Waals surface area (Å²) in [6.07, 6.45) is 1.58. The zero-order valence-electron chi connectivity index (χ0n) is 22.2. The number of Topliss-reactive ketones (excluding diaryl/α,β-unsaturated/α-hetero) is 1. The summed E-state index contributed by atoms with van der Waals surface area (Å²) in [6, 6.07) is 22.9. The third-order valence-electron chi connectivity index (χ3n) is 6.96. The molecule has 7 nitrogen and oxygen atoms in total. The number of aliphatic hydroxyl groups is 1. The van der Waals surface area contributed by atoms with Gasteiger partial charge in [-0.3, -0.25) is 19.5 Å². The number of ketones is 1. The van der Waals surface area contributed by atoms with Crippen molar-refractivity contribution in [2.24, 2.45) is 0 Å². The third-order valence-corrected chi connectivity index (χ3v) is 8.39. The average molecular weight is 582 g/mol. The number of benzene rings is 3. The molecule has 0 radical (unpaired) electrons. The minimum Gasteiger partial charge on any atom is -0.507 e. The lowest BCUT2D eigenvalue weighted by Gasteiger charge is -2.22. The van der Waals surface area contributed by atoms with Crippen molar-refractivity contribution in [3.05, 3.63) is 124 Å². The van der Waals surface area contributed by atoms with Crippen molar-refractivity contribution in [2.45, 2.75) is 26.5 Å². The first-order chi connectivity index (χ1) is 19.8. The van der Waals surface area contributed by atoms with Gasteiger partial charge >= 0.3 is 5.91 Å². The SMILES string of the molecule is Cc1cc2sc(N3C(=O)C(=O)/C(=C(/O)c4ccc(OCc5ccccc5)c(C)c4)C3c3ccccn3)nc2cc1Cl. The van der Waals surface area contributed by atoms with Crippen LogP contribution >= 0.6 is 22.9 Å². The Morgan fingerprint density at radius 2 is 1.78 bits per heavy atom. The monoisotopic (exact) mass is 581 g/mol. The van der Waals surface area contributed by atoms with Gasteiger partial charge in [-0.15, -0.1) is 0 Å². The molecule has 1 saturated heterocycles. The van der Waals surface area contributed by atoms with Crippen molar-refractivity contribution in [3.8, 4) is 5.75 Å². The maximum absolute atomic E-state index is 13.5. The first kappa shape index (κ1) is 26.7. The van der Waals surface area contributed by atoms with Gasteiger partial charge in [0.2, 0.25) is 0 Å². The van der Waals surface area contributed by atoms with Gasteiger partial charge in [0.05, 0.1) is 21.5 Å². The predicted octanol–water partition coefficient (Wildman–Crippen LogP) is 7.17. The standard InChI is InChI=1S/C32H24ClN3O4S/c1-18-15-26-24(16-22(18)33)35-32(41-26)36-28(23-10-6-7-13-34-23)27(30(38)31(36)39)29(37)21-11-12-25(19(2)14-21)40-17-20-8-4-3-5-9-20/h3-16,28,37H,17H2,1-2H3/b29-27+. The van der Waals surface area contributed by atoms with E-state index in [2.05, 4.69) is 9.97 Å². The number of carbonyl (C=O) groups is 2. The van der Waals surface area contributed by atoms with Crippen LogP contribution in [0.15, 0.2) is 90.6 Å². The molecule has 1 aliphatic heterocycles. The van der Waals surface area contributed by atoms with E-state index in [1.54, 1.807) is 48.7 Å². The molecular formula is C32H24ClN3O4S. The number of rotatable bonds is 6. The van der Waals surface area contributed by atoms with Gasteiger partial charge in [0.25, 0.3) is 5.78 Å². The molecule has 1 aliphatic rings. The first-order valence-corrected chi connectivity index (χ1v) is 14.1. The molecule has 3 aromatic carbocycles. The molecule has 0 saturated carbocycles. The molecule has 41 heavy (non-hydrogen) atoms. The molecule has 1 atom stereocenters. The van der Waals surface area contributed by atoms with Gasteiger partial charge in [0, 0.05) is 16.8 Å². The van der Waals surface area contributed by atoms with Gasteiger partial charge in [-0.25, -0.2) is 4.98 Å². The van der Waals surface area contributed by atoms with Gasteiger partial charge in [-0.05, 0) is 73.0 Å². The van der Waals surface area contributed by atoms with Crippen LogP contribution < -0.4 is 9.64 Å². The number of pyridine rings is 1. The minimum atomic E-state index is -0.970. The topological polar surface area (TPSA) is 92.6 Å². The summed E-state index contributed by atoms with van der Waals surface area (Å²) in [5, 5.41) is 12.4. The summed E-state index contributed by atoms with van der Waals surface area (Å²) in [5.41, 5.74) is 4.06. The van der Waals surface area contributed by atoms with Gasteiger partial charge in [0.15, 0.2) is 5.13 Å².